The lowest BCUT2D eigenvalue weighted by molar-refractivity contribution is -0.367. The molecule has 0 aromatic rings. The molecule has 28 heavy (non-hydrogen) atoms. The minimum atomic E-state index is -1.83. The molecular weight excluding hydrogens is 368 g/mol. The van der Waals surface area contributed by atoms with E-state index in [-0.39, 0.29) is 11.0 Å². The van der Waals surface area contributed by atoms with Gasteiger partial charge in [0.25, 0.3) is 0 Å². The molecule has 0 amide bonds. The molecule has 168 valence electrons. The Morgan fingerprint density at radius 1 is 0.750 bits per heavy atom. The molecule has 1 fully saturated rings. The van der Waals surface area contributed by atoms with Crippen molar-refractivity contribution in [1.82, 2.24) is 0 Å². The Kier molecular flexibility index (Phi) is 16.8. The predicted molar refractivity (Wildman–Crippen MR) is 107 cm³/mol. The van der Waals surface area contributed by atoms with Crippen LogP contribution in [0.4, 0.5) is 9.59 Å². The summed E-state index contributed by atoms with van der Waals surface area (Å²) in [6, 6.07) is 0. The molecule has 1 rings (SSSR count). The zero-order valence-electron chi connectivity index (χ0n) is 17.7. The second-order valence-corrected chi connectivity index (χ2v) is 7.45. The van der Waals surface area contributed by atoms with Crippen LogP contribution in [0, 0.1) is 5.41 Å². The zero-order valence-corrected chi connectivity index (χ0v) is 17.7. The maximum absolute atomic E-state index is 9.80. The Labute approximate surface area is 168 Å². The lowest BCUT2D eigenvalue weighted by Crippen LogP contribution is -2.52. The smallest absolute Gasteiger partial charge is 0.450 e. The van der Waals surface area contributed by atoms with Crippen molar-refractivity contribution in [2.24, 2.45) is 5.41 Å². The van der Waals surface area contributed by atoms with E-state index in [2.05, 4.69) is 20.8 Å². The molecule has 0 spiro atoms. The van der Waals surface area contributed by atoms with Gasteiger partial charge in [0.15, 0.2) is 0 Å². The van der Waals surface area contributed by atoms with Crippen LogP contribution >= 0.6 is 0 Å². The molecule has 0 aromatic heterocycles. The quantitative estimate of drug-likeness (QED) is 0.196. The molecule has 5 N–H and O–H groups in total. The van der Waals surface area contributed by atoms with E-state index in [1.54, 1.807) is 0 Å². The Morgan fingerprint density at radius 2 is 1.11 bits per heavy atom. The van der Waals surface area contributed by atoms with Crippen LogP contribution in [0.25, 0.3) is 0 Å². The second-order valence-electron chi connectivity index (χ2n) is 7.45. The van der Waals surface area contributed by atoms with Crippen LogP contribution in [-0.2, 0) is 4.89 Å². The summed E-state index contributed by atoms with van der Waals surface area (Å²) < 4.78 is 0. The highest BCUT2D eigenvalue weighted by molar-refractivity contribution is 5.53. The van der Waals surface area contributed by atoms with Gasteiger partial charge in [-0.25, -0.2) is 14.5 Å². The van der Waals surface area contributed by atoms with Crippen LogP contribution in [0.5, 0.6) is 0 Å². The molecule has 1 unspecified atom stereocenters. The molecular formula is C20H40O8. The highest BCUT2D eigenvalue weighted by atomic mass is 17.1. The van der Waals surface area contributed by atoms with Gasteiger partial charge in [0.1, 0.15) is 5.60 Å². The van der Waals surface area contributed by atoms with Gasteiger partial charge in [-0.05, 0) is 32.1 Å². The Balaban J connectivity index is 0. The van der Waals surface area contributed by atoms with E-state index < -0.39 is 12.3 Å². The number of hydrogen-bond acceptors (Lipinski definition) is 4. The van der Waals surface area contributed by atoms with E-state index in [1.165, 1.54) is 70.6 Å². The van der Waals surface area contributed by atoms with Gasteiger partial charge < -0.3 is 20.4 Å². The number of carbonyl (C=O) groups is 2. The normalized spacial score (nSPS) is 20.1. The fourth-order valence-electron chi connectivity index (χ4n) is 4.27. The molecule has 8 nitrogen and oxygen atoms in total. The van der Waals surface area contributed by atoms with Crippen molar-refractivity contribution in [3.05, 3.63) is 0 Å². The van der Waals surface area contributed by atoms with Crippen molar-refractivity contribution >= 4 is 12.3 Å². The third-order valence-corrected chi connectivity index (χ3v) is 5.58. The van der Waals surface area contributed by atoms with E-state index in [1.807, 2.05) is 0 Å². The van der Waals surface area contributed by atoms with Gasteiger partial charge in [-0.3, -0.25) is 5.26 Å². The topological polar surface area (TPSA) is 145 Å². The van der Waals surface area contributed by atoms with E-state index in [0.717, 1.165) is 12.8 Å². The van der Waals surface area contributed by atoms with Crippen molar-refractivity contribution in [3.8, 4) is 0 Å². The minimum Gasteiger partial charge on any atom is -0.450 e. The van der Waals surface area contributed by atoms with Crippen molar-refractivity contribution in [2.75, 3.05) is 0 Å². The van der Waals surface area contributed by atoms with Crippen LogP contribution < -0.4 is 0 Å². The van der Waals surface area contributed by atoms with Crippen molar-refractivity contribution < 1.29 is 40.2 Å². The largest absolute Gasteiger partial charge is 0.503 e. The molecule has 0 aromatic carbocycles. The summed E-state index contributed by atoms with van der Waals surface area (Å²) in [4.78, 5) is 22.4. The lowest BCUT2D eigenvalue weighted by atomic mass is 9.57. The Hall–Kier alpha value is -1.54. The van der Waals surface area contributed by atoms with E-state index in [9.17, 15) is 5.26 Å². The number of unbranched alkanes of at least 4 members (excludes halogenated alkanes) is 3. The van der Waals surface area contributed by atoms with Crippen molar-refractivity contribution in [3.63, 3.8) is 0 Å². The van der Waals surface area contributed by atoms with E-state index in [0.29, 0.717) is 0 Å². The van der Waals surface area contributed by atoms with E-state index in [4.69, 9.17) is 34.9 Å². The highest BCUT2D eigenvalue weighted by Crippen LogP contribution is 2.54. The molecule has 0 bridgehead atoms. The third kappa shape index (κ3) is 11.3. The summed E-state index contributed by atoms with van der Waals surface area (Å²) in [6.07, 6.45) is 12.0. The van der Waals surface area contributed by atoms with Gasteiger partial charge in [-0.1, -0.05) is 72.1 Å². The predicted octanol–water partition coefficient (Wildman–Crippen LogP) is 6.79. The number of carboxylic acid groups (broad SMARTS) is 4. The van der Waals surface area contributed by atoms with Gasteiger partial charge in [-0.2, -0.15) is 0 Å². The second kappa shape index (κ2) is 16.4. The first-order valence-electron chi connectivity index (χ1n) is 10.3. The van der Waals surface area contributed by atoms with Crippen LogP contribution in [-0.4, -0.2) is 43.6 Å². The summed E-state index contributed by atoms with van der Waals surface area (Å²) in [5.41, 5.74) is -0.0349. The van der Waals surface area contributed by atoms with Crippen molar-refractivity contribution in [2.45, 2.75) is 110 Å². The maximum atomic E-state index is 9.80. The molecule has 1 atom stereocenters. The zero-order chi connectivity index (χ0) is 22.1. The summed E-state index contributed by atoms with van der Waals surface area (Å²) in [6.45, 7) is 6.77. The Morgan fingerprint density at radius 3 is 1.46 bits per heavy atom. The first-order valence-corrected chi connectivity index (χ1v) is 10.3. The van der Waals surface area contributed by atoms with Crippen LogP contribution in [0.2, 0.25) is 0 Å². The van der Waals surface area contributed by atoms with E-state index >= 15 is 0 Å². The summed E-state index contributed by atoms with van der Waals surface area (Å²) in [5, 5.41) is 37.7. The SMILES string of the molecule is CCCCC1(CCCC)CCCCC1(CCCC)OO.O=C(O)O.O=C(O)O. The van der Waals surface area contributed by atoms with Gasteiger partial charge >= 0.3 is 12.3 Å². The van der Waals surface area contributed by atoms with Crippen molar-refractivity contribution in [1.29, 1.82) is 0 Å². The molecule has 1 aliphatic rings. The number of hydrogen-bond donors (Lipinski definition) is 5. The molecule has 0 aliphatic heterocycles. The average Bonchev–Trinajstić information content (AvgIpc) is 2.63. The van der Waals surface area contributed by atoms with Gasteiger partial charge in [0.05, 0.1) is 0 Å². The average molecular weight is 409 g/mol. The Bertz CT molecular complexity index is 385. The van der Waals surface area contributed by atoms with Crippen LogP contribution in [0.15, 0.2) is 0 Å². The fraction of sp³-hybridized carbons (Fsp3) is 0.900. The highest BCUT2D eigenvalue weighted by Gasteiger charge is 2.52. The van der Waals surface area contributed by atoms with Gasteiger partial charge in [0.2, 0.25) is 0 Å². The molecule has 8 heteroatoms. The lowest BCUT2D eigenvalue weighted by Gasteiger charge is -2.52. The first kappa shape index (κ1) is 28.7. The molecule has 1 saturated carbocycles. The maximum Gasteiger partial charge on any atom is 0.503 e. The first-order chi connectivity index (χ1) is 13.2. The molecule has 0 saturated heterocycles. The molecule has 0 heterocycles. The minimum absolute atomic E-state index is 0.223. The van der Waals surface area contributed by atoms with Crippen LogP contribution in [0.1, 0.15) is 104 Å². The molecule has 1 aliphatic carbocycles. The summed E-state index contributed by atoms with van der Waals surface area (Å²) in [7, 11) is 0. The van der Waals surface area contributed by atoms with Gasteiger partial charge in [-0.15, -0.1) is 0 Å². The standard InChI is InChI=1S/C18H36O2.2CH2O3/c1-4-7-12-17(13-8-5-2)14-10-11-16-18(17,20-19)15-9-6-3;2*2-1(3)4/h19H,4-16H2,1-3H3;2*(H2,2,3,4). The monoisotopic (exact) mass is 408 g/mol. The summed E-state index contributed by atoms with van der Waals surface area (Å²) in [5.74, 6) is 0. The summed E-state index contributed by atoms with van der Waals surface area (Å²) >= 11 is 0. The number of rotatable bonds is 10. The van der Waals surface area contributed by atoms with Crippen LogP contribution in [0.3, 0.4) is 0 Å². The molecule has 0 radical (unpaired) electrons. The fourth-order valence-corrected chi connectivity index (χ4v) is 4.27. The third-order valence-electron chi connectivity index (χ3n) is 5.58. The van der Waals surface area contributed by atoms with Gasteiger partial charge in [0, 0.05) is 5.41 Å².